The molecule has 0 spiro atoms. The summed E-state index contributed by atoms with van der Waals surface area (Å²) in [7, 11) is -0.915. The van der Waals surface area contributed by atoms with Crippen LogP contribution in [0, 0.1) is 0 Å². The molecule has 42 heavy (non-hydrogen) atoms. The third kappa shape index (κ3) is 5.55. The number of nitrogens with zero attached hydrogens (tertiary/aromatic N) is 8. The number of hydrogen-bond donors (Lipinski definition) is 4. The first-order valence-corrected chi connectivity index (χ1v) is 15.7. The highest BCUT2D eigenvalue weighted by atomic mass is 32.5. The van der Waals surface area contributed by atoms with Gasteiger partial charge < -0.3 is 39.8 Å². The first-order chi connectivity index (χ1) is 20.2. The van der Waals surface area contributed by atoms with Gasteiger partial charge in [0.15, 0.2) is 50.6 Å². The summed E-state index contributed by atoms with van der Waals surface area (Å²) in [5.41, 5.74) is 12.6. The van der Waals surface area contributed by atoms with Gasteiger partial charge in [0.05, 0.1) is 32.0 Å². The second-order valence-electron chi connectivity index (χ2n) is 9.31. The molecule has 0 bridgehead atoms. The van der Waals surface area contributed by atoms with Gasteiger partial charge in [0, 0.05) is 6.42 Å². The van der Waals surface area contributed by atoms with Gasteiger partial charge in [-0.1, -0.05) is 0 Å². The molecule has 0 amide bonds. The Hall–Kier alpha value is -2.64. The van der Waals surface area contributed by atoms with Gasteiger partial charge in [-0.2, -0.15) is 0 Å². The molecule has 17 nitrogen and oxygen atoms in total. The molecule has 0 aromatic carbocycles. The Morgan fingerprint density at radius 1 is 0.976 bits per heavy atom. The second-order valence-corrected chi connectivity index (χ2v) is 12.6. The highest BCUT2D eigenvalue weighted by Crippen LogP contribution is 2.50. The zero-order valence-electron chi connectivity index (χ0n) is 21.3. The van der Waals surface area contributed by atoms with Crippen molar-refractivity contribution in [1.29, 1.82) is 0 Å². The van der Waals surface area contributed by atoms with Crippen molar-refractivity contribution in [2.45, 2.75) is 49.5 Å². The maximum atomic E-state index is 15.8. The molecule has 3 unspecified atom stereocenters. The van der Waals surface area contributed by atoms with Crippen LogP contribution in [0.3, 0.4) is 0 Å². The van der Waals surface area contributed by atoms with Crippen LogP contribution in [-0.2, 0) is 34.9 Å². The van der Waals surface area contributed by atoms with Crippen molar-refractivity contribution in [3.63, 3.8) is 0 Å². The predicted octanol–water partition coefficient (Wildman–Crippen LogP) is 0.828. The Kier molecular flexibility index (Phi) is 8.27. The normalized spacial score (nSPS) is 29.8. The van der Waals surface area contributed by atoms with Crippen molar-refractivity contribution >= 4 is 61.5 Å². The number of rotatable bonds is 10. The number of anilines is 2. The van der Waals surface area contributed by atoms with E-state index < -0.39 is 58.9 Å². The molecular formula is C20H24F2N10O7P2S. The molecule has 6 rings (SSSR count). The summed E-state index contributed by atoms with van der Waals surface area (Å²) < 4.78 is 61.1. The van der Waals surface area contributed by atoms with E-state index in [2.05, 4.69) is 29.9 Å². The maximum Gasteiger partial charge on any atom is 0.325 e. The molecule has 2 saturated heterocycles. The molecule has 9 atom stereocenters. The van der Waals surface area contributed by atoms with Gasteiger partial charge in [-0.15, -0.1) is 0 Å². The summed E-state index contributed by atoms with van der Waals surface area (Å²) in [6, 6.07) is 0. The first kappa shape index (κ1) is 29.4. The van der Waals surface area contributed by atoms with Gasteiger partial charge in [0.25, 0.3) is 0 Å². The van der Waals surface area contributed by atoms with Crippen LogP contribution < -0.4 is 11.5 Å². The summed E-state index contributed by atoms with van der Waals surface area (Å²) in [6.45, 7) is -4.79. The quantitative estimate of drug-likeness (QED) is 0.175. The number of ether oxygens (including phenoxy) is 2. The fraction of sp³-hybridized carbons (Fsp3) is 0.500. The summed E-state index contributed by atoms with van der Waals surface area (Å²) in [5.74, 6) is 0.224. The molecule has 22 heteroatoms. The molecule has 2 fully saturated rings. The van der Waals surface area contributed by atoms with Crippen LogP contribution in [-0.4, -0.2) is 92.7 Å². The largest absolute Gasteiger partial charge is 0.382 e. The van der Waals surface area contributed by atoms with Gasteiger partial charge in [-0.3, -0.25) is 13.7 Å². The van der Waals surface area contributed by atoms with Gasteiger partial charge in [-0.25, -0.2) is 38.7 Å². The Balaban J connectivity index is 1.13. The van der Waals surface area contributed by atoms with E-state index in [1.54, 1.807) is 0 Å². The average Bonchev–Trinajstić information content (AvgIpc) is 3.73. The molecule has 0 radical (unpaired) electrons. The Labute approximate surface area is 241 Å². The number of hydrogen-bond acceptors (Lipinski definition) is 15. The van der Waals surface area contributed by atoms with E-state index in [1.165, 1.54) is 34.4 Å². The van der Waals surface area contributed by atoms with Crippen molar-refractivity contribution < 1.29 is 41.6 Å². The Morgan fingerprint density at radius 2 is 1.60 bits per heavy atom. The van der Waals surface area contributed by atoms with E-state index in [-0.39, 0.29) is 48.1 Å². The minimum absolute atomic E-state index is 0.0890. The van der Waals surface area contributed by atoms with E-state index in [4.69, 9.17) is 51.2 Å². The van der Waals surface area contributed by atoms with E-state index >= 15 is 4.39 Å². The summed E-state index contributed by atoms with van der Waals surface area (Å²) in [5, 5.41) is 0. The van der Waals surface area contributed by atoms with E-state index in [0.29, 0.717) is 5.52 Å². The number of imidazole rings is 2. The molecule has 0 saturated carbocycles. The van der Waals surface area contributed by atoms with E-state index in [9.17, 15) is 9.28 Å². The number of halogens is 2. The fourth-order valence-corrected chi connectivity index (χ4v) is 6.52. The van der Waals surface area contributed by atoms with Gasteiger partial charge >= 0.3 is 6.72 Å². The zero-order chi connectivity index (χ0) is 29.6. The Morgan fingerprint density at radius 3 is 2.21 bits per heavy atom. The lowest BCUT2D eigenvalue weighted by molar-refractivity contribution is -0.0437. The third-order valence-corrected chi connectivity index (χ3v) is 8.56. The number of alkyl halides is 2. The minimum Gasteiger partial charge on any atom is -0.382 e. The van der Waals surface area contributed by atoms with Gasteiger partial charge in [-0.05, 0) is 11.8 Å². The number of nitrogens with two attached hydrogens (primary N) is 2. The molecule has 2 aliphatic rings. The topological polar surface area (TPSA) is 226 Å². The smallest absolute Gasteiger partial charge is 0.325 e. The summed E-state index contributed by atoms with van der Waals surface area (Å²) in [4.78, 5) is 44.1. The van der Waals surface area contributed by atoms with E-state index in [0.717, 1.165) is 0 Å². The van der Waals surface area contributed by atoms with Crippen molar-refractivity contribution in [2.24, 2.45) is 0 Å². The first-order valence-electron chi connectivity index (χ1n) is 12.3. The van der Waals surface area contributed by atoms with Gasteiger partial charge in [0.1, 0.15) is 42.1 Å². The van der Waals surface area contributed by atoms with Crippen molar-refractivity contribution in [3.8, 4) is 0 Å². The maximum absolute atomic E-state index is 15.8. The van der Waals surface area contributed by atoms with Crippen LogP contribution in [0.4, 0.5) is 20.4 Å². The molecular weight excluding hydrogens is 624 g/mol. The molecule has 2 aliphatic heterocycles. The second kappa shape index (κ2) is 11.8. The molecule has 0 aliphatic carbocycles. The highest BCUT2D eigenvalue weighted by Gasteiger charge is 2.50. The van der Waals surface area contributed by atoms with Gasteiger partial charge in [0.2, 0.25) is 0 Å². The fourth-order valence-electron chi connectivity index (χ4n) is 4.82. The standard InChI is InChI=1S/C20H24F2N10O7P2S/c21-9-1-8(37-19(9)31-6-29-12-15(23)25-4-27-17(12)31)2-36-41(34,42)39-14-10(3-35-40-33)38-20(11(14)22)32-7-30-13-16(24)26-5-28-18(13)32/h4-11,14,19-20,33,40H,1-3H2,(H,34,42)(H2,23,25,27)(H2,24,26,28)/t8?,9-,10-,11-,14-,19-,20-,41?/m1/s1. The van der Waals surface area contributed by atoms with E-state index in [1.807, 2.05) is 0 Å². The average molecular weight is 648 g/mol. The lowest BCUT2D eigenvalue weighted by Crippen LogP contribution is -2.33. The van der Waals surface area contributed by atoms with Crippen molar-refractivity contribution in [3.05, 3.63) is 25.3 Å². The van der Waals surface area contributed by atoms with Crippen LogP contribution >= 0.6 is 15.8 Å². The molecule has 6 heterocycles. The zero-order valence-corrected chi connectivity index (χ0v) is 24.0. The Bertz CT molecular complexity index is 1640. The summed E-state index contributed by atoms with van der Waals surface area (Å²) in [6.07, 6.45) is -4.33. The number of nitrogen functional groups attached to an aromatic ring is 2. The summed E-state index contributed by atoms with van der Waals surface area (Å²) >= 11 is 5.14. The minimum atomic E-state index is -4.14. The highest BCUT2D eigenvalue weighted by molar-refractivity contribution is 8.07. The van der Waals surface area contributed by atoms with Crippen molar-refractivity contribution in [1.82, 2.24) is 39.0 Å². The molecule has 4 aromatic heterocycles. The predicted molar refractivity (Wildman–Crippen MR) is 146 cm³/mol. The molecule has 6 N–H and O–H groups in total. The van der Waals surface area contributed by atoms with Crippen LogP contribution in [0.5, 0.6) is 0 Å². The number of aromatic nitrogens is 8. The monoisotopic (exact) mass is 648 g/mol. The van der Waals surface area contributed by atoms with Crippen LogP contribution in [0.2, 0.25) is 0 Å². The lowest BCUT2D eigenvalue weighted by Gasteiger charge is -2.25. The van der Waals surface area contributed by atoms with Crippen molar-refractivity contribution in [2.75, 3.05) is 24.7 Å². The number of fused-ring (bicyclic) bond motifs is 2. The SMILES string of the molecule is Nc1ncnc2c1ncn2[C@@H]1O[C@H](COPO)[C@@H](OP(O)(=S)OCC2C[C@@H](F)[C@H](n3cnc4c(N)ncnc43)O2)[C@H]1F. The molecule has 4 aromatic rings. The van der Waals surface area contributed by atoms with Crippen LogP contribution in [0.15, 0.2) is 25.3 Å². The third-order valence-electron chi connectivity index (χ3n) is 6.71. The van der Waals surface area contributed by atoms with Crippen LogP contribution in [0.25, 0.3) is 22.3 Å². The lowest BCUT2D eigenvalue weighted by atomic mass is 10.1. The van der Waals surface area contributed by atoms with Crippen LogP contribution in [0.1, 0.15) is 18.9 Å². The molecule has 226 valence electrons.